The highest BCUT2D eigenvalue weighted by molar-refractivity contribution is 7.80. The summed E-state index contributed by atoms with van der Waals surface area (Å²) in [5.74, 6) is 0.330. The molecular weight excluding hydrogens is 232 g/mol. The molecule has 0 spiro atoms. The number of carbonyl (C=O) groups excluding carboxylic acids is 1. The molecule has 0 fully saturated rings. The zero-order valence-corrected chi connectivity index (χ0v) is 11.0. The van der Waals surface area contributed by atoms with Gasteiger partial charge in [-0.15, -0.1) is 0 Å². The van der Waals surface area contributed by atoms with Gasteiger partial charge >= 0.3 is 10.4 Å². The zero-order valence-electron chi connectivity index (χ0n) is 10.2. The fraction of sp³-hybridized carbons (Fsp3) is 0.900. The molecule has 0 atom stereocenters. The van der Waals surface area contributed by atoms with Crippen molar-refractivity contribution in [1.29, 1.82) is 0 Å². The lowest BCUT2D eigenvalue weighted by Gasteiger charge is -1.95. The largest absolute Gasteiger partial charge is 0.397 e. The molecule has 0 saturated heterocycles. The summed E-state index contributed by atoms with van der Waals surface area (Å²) in [6.45, 7) is 3.87. The lowest BCUT2D eigenvalue weighted by molar-refractivity contribution is -0.117. The fourth-order valence-corrected chi connectivity index (χ4v) is 0.977. The van der Waals surface area contributed by atoms with E-state index in [9.17, 15) is 13.2 Å². The molecule has 0 radical (unpaired) electrons. The van der Waals surface area contributed by atoms with E-state index in [-0.39, 0.29) is 0 Å². The first-order chi connectivity index (χ1) is 7.33. The second-order valence-corrected chi connectivity index (χ2v) is 4.65. The molecule has 0 aliphatic carbocycles. The van der Waals surface area contributed by atoms with E-state index in [2.05, 4.69) is 11.1 Å². The first-order valence-electron chi connectivity index (χ1n) is 5.36. The zero-order chi connectivity index (χ0) is 13.0. The first-order valence-corrected chi connectivity index (χ1v) is 6.72. The Hall–Kier alpha value is -0.460. The highest BCUT2D eigenvalue weighted by Gasteiger charge is 1.94. The van der Waals surface area contributed by atoms with E-state index in [1.54, 1.807) is 6.92 Å². The van der Waals surface area contributed by atoms with Crippen LogP contribution in [0.4, 0.5) is 0 Å². The minimum atomic E-state index is -4.16. The van der Waals surface area contributed by atoms with Crippen LogP contribution in [0.1, 0.15) is 52.4 Å². The quantitative estimate of drug-likeness (QED) is 0.557. The molecule has 0 unspecified atom stereocenters. The van der Waals surface area contributed by atoms with Gasteiger partial charge in [0.1, 0.15) is 5.78 Å². The van der Waals surface area contributed by atoms with Gasteiger partial charge in [-0.25, -0.2) is 0 Å². The molecule has 0 aromatic heterocycles. The Kier molecular flexibility index (Phi) is 12.4. The van der Waals surface area contributed by atoms with E-state index in [0.717, 1.165) is 20.0 Å². The number of hydrogen-bond donors (Lipinski definition) is 1. The molecule has 0 rings (SSSR count). The Morgan fingerprint density at radius 2 is 1.62 bits per heavy atom. The van der Waals surface area contributed by atoms with Crippen molar-refractivity contribution >= 4 is 16.2 Å². The van der Waals surface area contributed by atoms with Crippen molar-refractivity contribution in [1.82, 2.24) is 0 Å². The van der Waals surface area contributed by atoms with Gasteiger partial charge < -0.3 is 4.79 Å². The summed E-state index contributed by atoms with van der Waals surface area (Å²) in [7, 11) is -3.29. The molecule has 1 N–H and O–H groups in total. The molecule has 0 aromatic rings. The molecule has 0 bridgehead atoms. The summed E-state index contributed by atoms with van der Waals surface area (Å²) in [6.07, 6.45) is 6.99. The topological polar surface area (TPSA) is 80.7 Å². The smallest absolute Gasteiger partial charge is 0.300 e. The van der Waals surface area contributed by atoms with Crippen LogP contribution in [0, 0.1) is 0 Å². The third kappa shape index (κ3) is 23.4. The molecule has 0 heterocycles. The molecule has 0 amide bonds. The van der Waals surface area contributed by atoms with E-state index < -0.39 is 10.4 Å². The Balaban J connectivity index is 0. The third-order valence-electron chi connectivity index (χ3n) is 1.84. The van der Waals surface area contributed by atoms with Crippen LogP contribution in [0.2, 0.25) is 0 Å². The first kappa shape index (κ1) is 17.9. The number of rotatable bonds is 7. The average molecular weight is 254 g/mol. The maximum absolute atomic E-state index is 10.5. The second kappa shape index (κ2) is 11.0. The van der Waals surface area contributed by atoms with Gasteiger partial charge in [-0.3, -0.25) is 8.74 Å². The van der Waals surface area contributed by atoms with Crippen LogP contribution >= 0.6 is 0 Å². The monoisotopic (exact) mass is 254 g/mol. The van der Waals surface area contributed by atoms with Gasteiger partial charge in [0.2, 0.25) is 0 Å². The van der Waals surface area contributed by atoms with Crippen molar-refractivity contribution in [2.24, 2.45) is 0 Å². The molecular formula is C10H22O5S. The molecule has 6 heteroatoms. The minimum absolute atomic E-state index is 0.330. The minimum Gasteiger partial charge on any atom is -0.300 e. The molecule has 0 saturated carbocycles. The summed E-state index contributed by atoms with van der Waals surface area (Å²) in [5, 5.41) is 0. The molecule has 16 heavy (non-hydrogen) atoms. The molecule has 5 nitrogen and oxygen atoms in total. The Bertz CT molecular complexity index is 258. The van der Waals surface area contributed by atoms with Crippen molar-refractivity contribution in [3.63, 3.8) is 0 Å². The van der Waals surface area contributed by atoms with Crippen molar-refractivity contribution in [2.75, 3.05) is 7.11 Å². The van der Waals surface area contributed by atoms with Crippen LogP contribution in [0.15, 0.2) is 0 Å². The molecule has 0 aliphatic rings. The lowest BCUT2D eigenvalue weighted by atomic mass is 10.1. The van der Waals surface area contributed by atoms with E-state index in [4.69, 9.17) is 4.55 Å². The summed E-state index contributed by atoms with van der Waals surface area (Å²) in [4.78, 5) is 10.5. The van der Waals surface area contributed by atoms with E-state index in [0.29, 0.717) is 5.78 Å². The van der Waals surface area contributed by atoms with Crippen LogP contribution < -0.4 is 0 Å². The molecule has 98 valence electrons. The SMILES string of the molecule is CCCCCCCC(C)=O.COS(=O)(=O)O. The highest BCUT2D eigenvalue weighted by Crippen LogP contribution is 2.04. The van der Waals surface area contributed by atoms with Crippen molar-refractivity contribution < 1.29 is 21.9 Å². The summed E-state index contributed by atoms with van der Waals surface area (Å²) < 4.78 is 29.7. The standard InChI is InChI=1S/C9H18O.CH4O4S/c1-3-4-5-6-7-8-9(2)10;1-5-6(2,3)4/h3-8H2,1-2H3;1H3,(H,2,3,4). The van der Waals surface area contributed by atoms with Crippen molar-refractivity contribution in [3.05, 3.63) is 0 Å². The number of carbonyl (C=O) groups is 1. The predicted octanol–water partition coefficient (Wildman–Crippen LogP) is 2.37. The number of ketones is 1. The predicted molar refractivity (Wildman–Crippen MR) is 62.6 cm³/mol. The van der Waals surface area contributed by atoms with Gasteiger partial charge in [-0.2, -0.15) is 8.42 Å². The van der Waals surface area contributed by atoms with Gasteiger partial charge in [0, 0.05) is 6.42 Å². The summed E-state index contributed by atoms with van der Waals surface area (Å²) in [5.41, 5.74) is 0. The lowest BCUT2D eigenvalue weighted by Crippen LogP contribution is -1.96. The maximum Gasteiger partial charge on any atom is 0.397 e. The van der Waals surface area contributed by atoms with Crippen LogP contribution in [-0.4, -0.2) is 25.9 Å². The van der Waals surface area contributed by atoms with E-state index in [1.807, 2.05) is 0 Å². The Morgan fingerprint density at radius 3 is 1.94 bits per heavy atom. The van der Waals surface area contributed by atoms with Gasteiger partial charge in [0.05, 0.1) is 7.11 Å². The van der Waals surface area contributed by atoms with Gasteiger partial charge in [-0.05, 0) is 13.3 Å². The number of unbranched alkanes of at least 4 members (excludes halogenated alkanes) is 4. The summed E-state index contributed by atoms with van der Waals surface area (Å²) >= 11 is 0. The van der Waals surface area contributed by atoms with E-state index >= 15 is 0 Å². The fourth-order valence-electron chi connectivity index (χ4n) is 0.977. The Labute approximate surface area is 98.1 Å². The third-order valence-corrected chi connectivity index (χ3v) is 2.26. The van der Waals surface area contributed by atoms with Gasteiger partial charge in [0.15, 0.2) is 0 Å². The number of Topliss-reactive ketones (excluding diaryl/α,β-unsaturated/α-hetero) is 1. The average Bonchev–Trinajstić information content (AvgIpc) is 2.17. The van der Waals surface area contributed by atoms with E-state index in [1.165, 1.54) is 25.7 Å². The summed E-state index contributed by atoms with van der Waals surface area (Å²) in [6, 6.07) is 0. The maximum atomic E-state index is 10.5. The van der Waals surface area contributed by atoms with Crippen LogP contribution in [-0.2, 0) is 19.4 Å². The normalized spacial score (nSPS) is 10.5. The Morgan fingerprint density at radius 1 is 1.19 bits per heavy atom. The van der Waals surface area contributed by atoms with Crippen LogP contribution in [0.3, 0.4) is 0 Å². The van der Waals surface area contributed by atoms with Gasteiger partial charge in [0.25, 0.3) is 0 Å². The second-order valence-electron chi connectivity index (χ2n) is 3.46. The van der Waals surface area contributed by atoms with Crippen molar-refractivity contribution in [2.45, 2.75) is 52.4 Å². The number of hydrogen-bond acceptors (Lipinski definition) is 4. The molecule has 0 aromatic carbocycles. The van der Waals surface area contributed by atoms with Crippen molar-refractivity contribution in [3.8, 4) is 0 Å². The van der Waals surface area contributed by atoms with Gasteiger partial charge in [-0.1, -0.05) is 32.6 Å². The highest BCUT2D eigenvalue weighted by atomic mass is 32.3. The van der Waals surface area contributed by atoms with Crippen LogP contribution in [0.5, 0.6) is 0 Å². The molecule has 0 aliphatic heterocycles. The van der Waals surface area contributed by atoms with Crippen LogP contribution in [0.25, 0.3) is 0 Å².